The maximum Gasteiger partial charge on any atom is 0.264 e. The Morgan fingerprint density at radius 3 is 2.68 bits per heavy atom. The molecule has 2 atom stereocenters. The zero-order chi connectivity index (χ0) is 14.0. The second kappa shape index (κ2) is 5.27. The molecule has 0 spiro atoms. The first-order chi connectivity index (χ1) is 9.04. The van der Waals surface area contributed by atoms with E-state index in [2.05, 4.69) is 10.3 Å². The summed E-state index contributed by atoms with van der Waals surface area (Å²) < 4.78 is 13.6. The van der Waals surface area contributed by atoms with Gasteiger partial charge >= 0.3 is 0 Å². The molecule has 0 aromatic heterocycles. The van der Waals surface area contributed by atoms with E-state index in [1.807, 2.05) is 0 Å². The quantitative estimate of drug-likeness (QED) is 0.781. The fourth-order valence-corrected chi connectivity index (χ4v) is 1.85. The highest BCUT2D eigenvalue weighted by atomic mass is 19.1. The van der Waals surface area contributed by atoms with Crippen molar-refractivity contribution in [1.82, 2.24) is 5.32 Å². The van der Waals surface area contributed by atoms with Crippen molar-refractivity contribution in [1.29, 1.82) is 0 Å². The van der Waals surface area contributed by atoms with Crippen LogP contribution >= 0.6 is 0 Å². The zero-order valence-electron chi connectivity index (χ0n) is 10.4. The Morgan fingerprint density at radius 1 is 1.42 bits per heavy atom. The minimum absolute atomic E-state index is 0.0354. The molecule has 1 aromatic rings. The molecule has 1 aromatic carbocycles. The van der Waals surface area contributed by atoms with Crippen LogP contribution in [0.4, 0.5) is 4.39 Å². The van der Waals surface area contributed by atoms with Crippen LogP contribution in [0.15, 0.2) is 29.3 Å². The van der Waals surface area contributed by atoms with E-state index >= 15 is 0 Å². The Labute approximate surface area is 109 Å². The van der Waals surface area contributed by atoms with Gasteiger partial charge in [-0.25, -0.2) is 4.39 Å². The number of hydrogen-bond acceptors (Lipinski definition) is 3. The number of aliphatic imine (C=N–C) groups is 1. The van der Waals surface area contributed by atoms with Crippen molar-refractivity contribution >= 4 is 17.6 Å². The lowest BCUT2D eigenvalue weighted by atomic mass is 9.94. The largest absolute Gasteiger partial charge is 0.330 e. The molecule has 2 unspecified atom stereocenters. The summed E-state index contributed by atoms with van der Waals surface area (Å²) in [7, 11) is 0. The molecular formula is C13H14FN3O2. The summed E-state index contributed by atoms with van der Waals surface area (Å²) in [6.45, 7) is 2.01. The molecule has 2 rings (SSSR count). The Balaban J connectivity index is 2.36. The molecule has 0 saturated heterocycles. The van der Waals surface area contributed by atoms with Gasteiger partial charge in [-0.1, -0.05) is 25.1 Å². The molecule has 1 heterocycles. The molecule has 0 bridgehead atoms. The summed E-state index contributed by atoms with van der Waals surface area (Å²) in [4.78, 5) is 27.7. The lowest BCUT2D eigenvalue weighted by Crippen LogP contribution is -2.46. The van der Waals surface area contributed by atoms with Crippen LogP contribution in [-0.4, -0.2) is 24.2 Å². The minimum atomic E-state index is -1.23. The summed E-state index contributed by atoms with van der Waals surface area (Å²) in [5.41, 5.74) is 5.50. The van der Waals surface area contributed by atoms with Crippen molar-refractivity contribution in [3.8, 4) is 0 Å². The predicted molar refractivity (Wildman–Crippen MR) is 67.9 cm³/mol. The van der Waals surface area contributed by atoms with Gasteiger partial charge in [-0.15, -0.1) is 0 Å². The summed E-state index contributed by atoms with van der Waals surface area (Å²) in [6.07, 6.45) is 0. The van der Waals surface area contributed by atoms with Gasteiger partial charge in [0.15, 0.2) is 0 Å². The van der Waals surface area contributed by atoms with Crippen LogP contribution in [-0.2, 0) is 9.59 Å². The van der Waals surface area contributed by atoms with Crippen molar-refractivity contribution in [2.24, 2.45) is 16.6 Å². The molecular weight excluding hydrogens is 249 g/mol. The van der Waals surface area contributed by atoms with Gasteiger partial charge in [-0.3, -0.25) is 9.59 Å². The van der Waals surface area contributed by atoms with Crippen molar-refractivity contribution in [3.63, 3.8) is 0 Å². The van der Waals surface area contributed by atoms with Crippen molar-refractivity contribution in [2.75, 3.05) is 6.54 Å². The molecule has 6 heteroatoms. The van der Waals surface area contributed by atoms with E-state index in [-0.39, 0.29) is 23.9 Å². The number of carbonyl (C=O) groups excluding carboxylic acids is 2. The first kappa shape index (κ1) is 13.4. The highest BCUT2D eigenvalue weighted by Gasteiger charge is 2.35. The summed E-state index contributed by atoms with van der Waals surface area (Å²) >= 11 is 0. The van der Waals surface area contributed by atoms with Gasteiger partial charge in [0.1, 0.15) is 17.6 Å². The van der Waals surface area contributed by atoms with Gasteiger partial charge in [0.2, 0.25) is 5.91 Å². The smallest absolute Gasteiger partial charge is 0.264 e. The van der Waals surface area contributed by atoms with Gasteiger partial charge in [0.25, 0.3) is 5.91 Å². The average Bonchev–Trinajstić information content (AvgIpc) is 2.39. The molecule has 0 saturated carbocycles. The van der Waals surface area contributed by atoms with Crippen LogP contribution in [0.5, 0.6) is 0 Å². The maximum atomic E-state index is 13.6. The summed E-state index contributed by atoms with van der Waals surface area (Å²) in [5, 5.41) is 2.52. The van der Waals surface area contributed by atoms with E-state index in [4.69, 9.17) is 5.73 Å². The van der Waals surface area contributed by atoms with Crippen molar-refractivity contribution in [2.45, 2.75) is 12.8 Å². The Kier molecular flexibility index (Phi) is 3.71. The second-order valence-corrected chi connectivity index (χ2v) is 4.42. The number of hydrogen-bond donors (Lipinski definition) is 2. The monoisotopic (exact) mass is 263 g/mol. The van der Waals surface area contributed by atoms with E-state index in [9.17, 15) is 14.0 Å². The number of nitrogens with one attached hydrogen (secondary N) is 1. The molecule has 3 N–H and O–H groups in total. The van der Waals surface area contributed by atoms with E-state index in [0.29, 0.717) is 0 Å². The van der Waals surface area contributed by atoms with Crippen LogP contribution in [0, 0.1) is 11.7 Å². The number of amides is 2. The van der Waals surface area contributed by atoms with Gasteiger partial charge in [0.05, 0.1) is 0 Å². The van der Waals surface area contributed by atoms with Crippen molar-refractivity contribution < 1.29 is 14.0 Å². The molecule has 0 aliphatic carbocycles. The Bertz CT molecular complexity index is 557. The van der Waals surface area contributed by atoms with Crippen LogP contribution in [0.3, 0.4) is 0 Å². The SMILES string of the molecule is CC(CN)C1=NC(=O)C(c2ccccc2F)C(=O)N1. The fraction of sp³-hybridized carbons (Fsp3) is 0.308. The molecule has 1 aliphatic rings. The lowest BCUT2D eigenvalue weighted by Gasteiger charge is -2.23. The first-order valence-corrected chi connectivity index (χ1v) is 5.92. The normalized spacial score (nSPS) is 20.8. The van der Waals surface area contributed by atoms with Gasteiger partial charge in [-0.05, 0) is 6.07 Å². The zero-order valence-corrected chi connectivity index (χ0v) is 10.4. The molecule has 19 heavy (non-hydrogen) atoms. The third kappa shape index (κ3) is 2.53. The van der Waals surface area contributed by atoms with E-state index in [1.54, 1.807) is 13.0 Å². The second-order valence-electron chi connectivity index (χ2n) is 4.42. The van der Waals surface area contributed by atoms with Crippen LogP contribution in [0.25, 0.3) is 0 Å². The average molecular weight is 263 g/mol. The third-order valence-electron chi connectivity index (χ3n) is 3.03. The highest BCUT2D eigenvalue weighted by Crippen LogP contribution is 2.23. The van der Waals surface area contributed by atoms with E-state index < -0.39 is 23.5 Å². The first-order valence-electron chi connectivity index (χ1n) is 5.92. The van der Waals surface area contributed by atoms with Crippen LogP contribution < -0.4 is 11.1 Å². The minimum Gasteiger partial charge on any atom is -0.330 e. The lowest BCUT2D eigenvalue weighted by molar-refractivity contribution is -0.130. The number of benzene rings is 1. The number of rotatable bonds is 3. The van der Waals surface area contributed by atoms with Crippen molar-refractivity contribution in [3.05, 3.63) is 35.6 Å². The number of halogens is 1. The van der Waals surface area contributed by atoms with Crippen LogP contribution in [0.1, 0.15) is 18.4 Å². The molecule has 0 fully saturated rings. The summed E-state index contributed by atoms with van der Waals surface area (Å²) in [5.74, 6) is -3.04. The van der Waals surface area contributed by atoms with Gasteiger partial charge < -0.3 is 11.1 Å². The number of amidine groups is 1. The molecule has 1 aliphatic heterocycles. The van der Waals surface area contributed by atoms with E-state index in [0.717, 1.165) is 0 Å². The number of nitrogens with zero attached hydrogens (tertiary/aromatic N) is 1. The predicted octanol–water partition coefficient (Wildman–Crippen LogP) is 0.559. The molecule has 100 valence electrons. The maximum absolute atomic E-state index is 13.6. The fourth-order valence-electron chi connectivity index (χ4n) is 1.85. The number of nitrogens with two attached hydrogens (primary N) is 1. The highest BCUT2D eigenvalue weighted by molar-refractivity contribution is 6.19. The molecule has 0 radical (unpaired) electrons. The summed E-state index contributed by atoms with van der Waals surface area (Å²) in [6, 6.07) is 5.68. The standard InChI is InChI=1S/C13H14FN3O2/c1-7(6-15)11-16-12(18)10(13(19)17-11)8-4-2-3-5-9(8)14/h2-5,7,10H,6,15H2,1H3,(H,16,17,18,19). The molecule has 2 amide bonds. The molecule has 5 nitrogen and oxygen atoms in total. The van der Waals surface area contributed by atoms with Gasteiger partial charge in [-0.2, -0.15) is 4.99 Å². The van der Waals surface area contributed by atoms with Gasteiger partial charge in [0, 0.05) is 18.0 Å². The van der Waals surface area contributed by atoms with Crippen LogP contribution in [0.2, 0.25) is 0 Å². The number of carbonyl (C=O) groups is 2. The topological polar surface area (TPSA) is 84.5 Å². The Morgan fingerprint density at radius 2 is 2.11 bits per heavy atom. The third-order valence-corrected chi connectivity index (χ3v) is 3.03. The van der Waals surface area contributed by atoms with E-state index in [1.165, 1.54) is 18.2 Å². The Hall–Kier alpha value is -2.08.